The van der Waals surface area contributed by atoms with E-state index >= 15 is 0 Å². The van der Waals surface area contributed by atoms with Crippen molar-refractivity contribution in [3.05, 3.63) is 129 Å². The van der Waals surface area contributed by atoms with Crippen LogP contribution in [0.1, 0.15) is 27.0 Å². The summed E-state index contributed by atoms with van der Waals surface area (Å²) in [7, 11) is 0. The van der Waals surface area contributed by atoms with Gasteiger partial charge >= 0.3 is 0 Å². The molecule has 35 heavy (non-hydrogen) atoms. The van der Waals surface area contributed by atoms with E-state index in [9.17, 15) is 4.79 Å². The Labute approximate surface area is 213 Å². The molecule has 0 saturated carbocycles. The van der Waals surface area contributed by atoms with E-state index in [4.69, 9.17) is 32.7 Å². The molecule has 0 unspecified atom stereocenters. The second-order valence-electron chi connectivity index (χ2n) is 7.59. The molecule has 0 fully saturated rings. The molecule has 0 aromatic heterocycles. The monoisotopic (exact) mass is 504 g/mol. The summed E-state index contributed by atoms with van der Waals surface area (Å²) in [4.78, 5) is 12.5. The van der Waals surface area contributed by atoms with Gasteiger partial charge in [-0.1, -0.05) is 59.6 Å². The van der Waals surface area contributed by atoms with Crippen molar-refractivity contribution in [2.24, 2.45) is 5.10 Å². The van der Waals surface area contributed by atoms with Crippen LogP contribution in [0.3, 0.4) is 0 Å². The molecular formula is C28H22Cl2N2O3. The summed E-state index contributed by atoms with van der Waals surface area (Å²) in [6.45, 7) is 0.799. The first-order chi connectivity index (χ1) is 17.1. The topological polar surface area (TPSA) is 59.9 Å². The summed E-state index contributed by atoms with van der Waals surface area (Å²) in [6, 6.07) is 29.2. The van der Waals surface area contributed by atoms with Gasteiger partial charge in [0, 0.05) is 21.2 Å². The molecule has 4 rings (SSSR count). The standard InChI is InChI=1S/C28H22Cl2N2O3/c29-24-11-5-20(6-12-24)18-34-26-15-9-22(10-16-26)28(33)32-31-17-23-3-1-2-4-27(23)35-19-21-7-13-25(30)14-8-21/h1-17H,18-19H2,(H,32,33)/b31-17-. The SMILES string of the molecule is O=C(N/N=C\c1ccccc1OCc1ccc(Cl)cc1)c1ccc(OCc2ccc(Cl)cc2)cc1. The van der Waals surface area contributed by atoms with Gasteiger partial charge in [-0.3, -0.25) is 4.79 Å². The highest BCUT2D eigenvalue weighted by Crippen LogP contribution is 2.19. The quantitative estimate of drug-likeness (QED) is 0.199. The summed E-state index contributed by atoms with van der Waals surface area (Å²) >= 11 is 11.8. The fraction of sp³-hybridized carbons (Fsp3) is 0.0714. The molecule has 1 amide bonds. The van der Waals surface area contributed by atoms with E-state index in [0.717, 1.165) is 16.7 Å². The van der Waals surface area contributed by atoms with Crippen LogP contribution in [0.2, 0.25) is 10.0 Å². The molecule has 0 heterocycles. The van der Waals surface area contributed by atoms with Crippen LogP contribution in [0, 0.1) is 0 Å². The smallest absolute Gasteiger partial charge is 0.271 e. The molecule has 4 aromatic rings. The Morgan fingerprint density at radius 3 is 1.94 bits per heavy atom. The minimum Gasteiger partial charge on any atom is -0.489 e. The van der Waals surface area contributed by atoms with Gasteiger partial charge < -0.3 is 9.47 Å². The van der Waals surface area contributed by atoms with Crippen LogP contribution in [0.4, 0.5) is 0 Å². The van der Waals surface area contributed by atoms with Gasteiger partial charge in [-0.15, -0.1) is 0 Å². The number of hydrazone groups is 1. The number of carbonyl (C=O) groups excluding carboxylic acids is 1. The van der Waals surface area contributed by atoms with E-state index in [-0.39, 0.29) is 5.91 Å². The fourth-order valence-electron chi connectivity index (χ4n) is 3.14. The average Bonchev–Trinajstić information content (AvgIpc) is 2.89. The third-order valence-electron chi connectivity index (χ3n) is 5.03. The van der Waals surface area contributed by atoms with Crippen LogP contribution in [0.5, 0.6) is 11.5 Å². The first-order valence-corrected chi connectivity index (χ1v) is 11.6. The second kappa shape index (κ2) is 12.1. The number of amides is 1. The molecule has 0 bridgehead atoms. The molecule has 0 aliphatic heterocycles. The van der Waals surface area contributed by atoms with Crippen molar-refractivity contribution in [1.29, 1.82) is 0 Å². The maximum absolute atomic E-state index is 12.5. The number of carbonyl (C=O) groups is 1. The zero-order valence-electron chi connectivity index (χ0n) is 18.7. The average molecular weight is 505 g/mol. The van der Waals surface area contributed by atoms with Crippen molar-refractivity contribution >= 4 is 35.3 Å². The van der Waals surface area contributed by atoms with Gasteiger partial charge in [0.25, 0.3) is 5.91 Å². The van der Waals surface area contributed by atoms with Crippen LogP contribution >= 0.6 is 23.2 Å². The molecule has 5 nitrogen and oxygen atoms in total. The second-order valence-corrected chi connectivity index (χ2v) is 8.46. The molecule has 176 valence electrons. The highest BCUT2D eigenvalue weighted by Gasteiger charge is 2.06. The fourth-order valence-corrected chi connectivity index (χ4v) is 3.39. The van der Waals surface area contributed by atoms with Gasteiger partial charge in [0.05, 0.1) is 6.21 Å². The summed E-state index contributed by atoms with van der Waals surface area (Å²) in [5.41, 5.74) is 5.75. The van der Waals surface area contributed by atoms with E-state index in [0.29, 0.717) is 40.3 Å². The lowest BCUT2D eigenvalue weighted by molar-refractivity contribution is 0.0955. The molecule has 0 radical (unpaired) electrons. The normalized spacial score (nSPS) is 10.8. The first kappa shape index (κ1) is 24.3. The number of benzene rings is 4. The lowest BCUT2D eigenvalue weighted by atomic mass is 10.2. The minimum absolute atomic E-state index is 0.329. The zero-order valence-corrected chi connectivity index (χ0v) is 20.2. The molecule has 0 spiro atoms. The summed E-state index contributed by atoms with van der Waals surface area (Å²) < 4.78 is 11.7. The van der Waals surface area contributed by atoms with Crippen molar-refractivity contribution in [3.8, 4) is 11.5 Å². The van der Waals surface area contributed by atoms with Crippen molar-refractivity contribution in [2.75, 3.05) is 0 Å². The van der Waals surface area contributed by atoms with E-state index in [2.05, 4.69) is 10.5 Å². The summed E-state index contributed by atoms with van der Waals surface area (Å²) in [5, 5.41) is 5.45. The highest BCUT2D eigenvalue weighted by atomic mass is 35.5. The molecule has 0 aliphatic carbocycles. The van der Waals surface area contributed by atoms with Crippen LogP contribution in [0.25, 0.3) is 0 Å². The van der Waals surface area contributed by atoms with Gasteiger partial charge in [-0.25, -0.2) is 5.43 Å². The van der Waals surface area contributed by atoms with Crippen molar-refractivity contribution in [1.82, 2.24) is 5.43 Å². The third kappa shape index (κ3) is 7.34. The molecule has 0 atom stereocenters. The van der Waals surface area contributed by atoms with Crippen LogP contribution in [-0.2, 0) is 13.2 Å². The third-order valence-corrected chi connectivity index (χ3v) is 5.54. The molecule has 4 aromatic carbocycles. The van der Waals surface area contributed by atoms with E-state index in [1.54, 1.807) is 30.5 Å². The van der Waals surface area contributed by atoms with Crippen molar-refractivity contribution < 1.29 is 14.3 Å². The Morgan fingerprint density at radius 2 is 1.31 bits per heavy atom. The Morgan fingerprint density at radius 1 is 0.743 bits per heavy atom. The number of rotatable bonds is 9. The van der Waals surface area contributed by atoms with Crippen LogP contribution in [-0.4, -0.2) is 12.1 Å². The maximum Gasteiger partial charge on any atom is 0.271 e. The number of hydrogen-bond donors (Lipinski definition) is 1. The van der Waals surface area contributed by atoms with Crippen molar-refractivity contribution in [2.45, 2.75) is 13.2 Å². The summed E-state index contributed by atoms with van der Waals surface area (Å²) in [5.74, 6) is 0.986. The number of nitrogens with zero attached hydrogens (tertiary/aromatic N) is 1. The predicted molar refractivity (Wildman–Crippen MR) is 140 cm³/mol. The van der Waals surface area contributed by atoms with Crippen LogP contribution in [0.15, 0.2) is 102 Å². The van der Waals surface area contributed by atoms with E-state index in [1.807, 2.05) is 72.8 Å². The number of para-hydroxylation sites is 1. The Bertz CT molecular complexity index is 1290. The molecule has 7 heteroatoms. The molecule has 0 aliphatic rings. The highest BCUT2D eigenvalue weighted by molar-refractivity contribution is 6.30. The number of hydrogen-bond acceptors (Lipinski definition) is 4. The van der Waals surface area contributed by atoms with Gasteiger partial charge in [-0.05, 0) is 71.8 Å². The lowest BCUT2D eigenvalue weighted by Gasteiger charge is -2.09. The van der Waals surface area contributed by atoms with Gasteiger partial charge in [0.15, 0.2) is 0 Å². The summed E-state index contributed by atoms with van der Waals surface area (Å²) in [6.07, 6.45) is 1.55. The Kier molecular flexibility index (Phi) is 8.39. The van der Waals surface area contributed by atoms with Gasteiger partial charge in [0.1, 0.15) is 24.7 Å². The number of halogens is 2. The molecule has 0 saturated heterocycles. The molecular weight excluding hydrogens is 483 g/mol. The lowest BCUT2D eigenvalue weighted by Crippen LogP contribution is -2.17. The zero-order chi connectivity index (χ0) is 24.5. The van der Waals surface area contributed by atoms with E-state index in [1.165, 1.54) is 0 Å². The van der Waals surface area contributed by atoms with Crippen LogP contribution < -0.4 is 14.9 Å². The largest absolute Gasteiger partial charge is 0.489 e. The first-order valence-electron chi connectivity index (χ1n) is 10.8. The Balaban J connectivity index is 1.30. The maximum atomic E-state index is 12.5. The molecule has 1 N–H and O–H groups in total. The van der Waals surface area contributed by atoms with E-state index < -0.39 is 0 Å². The number of nitrogens with one attached hydrogen (secondary N) is 1. The predicted octanol–water partition coefficient (Wildman–Crippen LogP) is 6.92. The Hall–Kier alpha value is -3.80. The van der Waals surface area contributed by atoms with Gasteiger partial charge in [-0.2, -0.15) is 5.10 Å². The van der Waals surface area contributed by atoms with Gasteiger partial charge in [0.2, 0.25) is 0 Å². The minimum atomic E-state index is -0.329. The van der Waals surface area contributed by atoms with Crippen molar-refractivity contribution in [3.63, 3.8) is 0 Å². The number of ether oxygens (including phenoxy) is 2.